The maximum atomic E-state index is 11.6. The van der Waals surface area contributed by atoms with E-state index in [1.165, 1.54) is 0 Å². The van der Waals surface area contributed by atoms with Gasteiger partial charge in [0.15, 0.2) is 5.58 Å². The van der Waals surface area contributed by atoms with Crippen LogP contribution in [-0.4, -0.2) is 17.6 Å². The highest BCUT2D eigenvalue weighted by Gasteiger charge is 2.05. The van der Waals surface area contributed by atoms with Crippen molar-refractivity contribution in [3.8, 4) is 5.75 Å². The summed E-state index contributed by atoms with van der Waals surface area (Å²) in [5.41, 5.74) is 2.14. The van der Waals surface area contributed by atoms with E-state index in [1.807, 2.05) is 18.2 Å². The number of nitrogens with one attached hydrogen (secondary N) is 2. The highest BCUT2D eigenvalue weighted by atomic mass is 16.6. The van der Waals surface area contributed by atoms with Crippen molar-refractivity contribution in [1.82, 2.24) is 10.3 Å². The number of rotatable bonds is 4. The van der Waals surface area contributed by atoms with Crippen molar-refractivity contribution in [2.24, 2.45) is 0 Å². The summed E-state index contributed by atoms with van der Waals surface area (Å²) in [6, 6.07) is 14.3. The fraction of sp³-hybridized carbons (Fsp3) is 0.125. The molecule has 6 nitrogen and oxygen atoms in total. The molecule has 0 saturated heterocycles. The van der Waals surface area contributed by atoms with Gasteiger partial charge in [0, 0.05) is 6.54 Å². The Morgan fingerprint density at radius 2 is 2.00 bits per heavy atom. The summed E-state index contributed by atoms with van der Waals surface area (Å²) < 4.78 is 10.0. The first kappa shape index (κ1) is 13.9. The van der Waals surface area contributed by atoms with Gasteiger partial charge in [-0.1, -0.05) is 24.3 Å². The molecule has 3 aromatic rings. The lowest BCUT2D eigenvalue weighted by molar-refractivity contribution is 0.200. The highest BCUT2D eigenvalue weighted by Crippen LogP contribution is 2.12. The zero-order chi connectivity index (χ0) is 15.4. The third-order valence-corrected chi connectivity index (χ3v) is 3.12. The van der Waals surface area contributed by atoms with Gasteiger partial charge in [0.05, 0.1) is 5.52 Å². The van der Waals surface area contributed by atoms with Crippen molar-refractivity contribution in [2.75, 3.05) is 6.54 Å². The third-order valence-electron chi connectivity index (χ3n) is 3.12. The zero-order valence-electron chi connectivity index (χ0n) is 11.7. The number of ether oxygens (including phenoxy) is 1. The van der Waals surface area contributed by atoms with Crippen LogP contribution in [-0.2, 0) is 6.42 Å². The van der Waals surface area contributed by atoms with Gasteiger partial charge >= 0.3 is 11.8 Å². The second-order valence-electron chi connectivity index (χ2n) is 4.72. The Kier molecular flexibility index (Phi) is 3.91. The molecule has 0 fully saturated rings. The molecule has 0 saturated carbocycles. The van der Waals surface area contributed by atoms with E-state index in [1.54, 1.807) is 30.3 Å². The second kappa shape index (κ2) is 6.17. The minimum absolute atomic E-state index is 0.430. The van der Waals surface area contributed by atoms with Gasteiger partial charge in [-0.15, -0.1) is 0 Å². The Balaban J connectivity index is 1.53. The first-order valence-corrected chi connectivity index (χ1v) is 6.83. The van der Waals surface area contributed by atoms with Crippen LogP contribution in [0, 0.1) is 0 Å². The van der Waals surface area contributed by atoms with Crippen molar-refractivity contribution >= 4 is 17.2 Å². The number of benzene rings is 2. The van der Waals surface area contributed by atoms with E-state index >= 15 is 0 Å². The average molecular weight is 298 g/mol. The lowest BCUT2D eigenvalue weighted by atomic mass is 10.1. The normalized spacial score (nSPS) is 10.5. The van der Waals surface area contributed by atoms with E-state index in [-0.39, 0.29) is 0 Å². The van der Waals surface area contributed by atoms with Crippen LogP contribution in [0.15, 0.2) is 57.7 Å². The van der Waals surface area contributed by atoms with E-state index in [9.17, 15) is 9.59 Å². The number of fused-ring (bicyclic) bond motifs is 1. The highest BCUT2D eigenvalue weighted by molar-refractivity contribution is 5.73. The summed E-state index contributed by atoms with van der Waals surface area (Å²) in [5, 5.41) is 2.68. The van der Waals surface area contributed by atoms with Gasteiger partial charge in [0.25, 0.3) is 0 Å². The quantitative estimate of drug-likeness (QED) is 0.775. The molecular weight excluding hydrogens is 284 g/mol. The summed E-state index contributed by atoms with van der Waals surface area (Å²) in [6.07, 6.45) is 0.122. The van der Waals surface area contributed by atoms with Crippen molar-refractivity contribution in [3.63, 3.8) is 0 Å². The number of carbonyl (C=O) groups is 1. The lowest BCUT2D eigenvalue weighted by Gasteiger charge is -2.06. The number of aromatic amines is 1. The van der Waals surface area contributed by atoms with Crippen LogP contribution in [0.25, 0.3) is 11.1 Å². The molecule has 0 radical (unpaired) electrons. The molecule has 1 amide bonds. The molecule has 1 aromatic heterocycles. The predicted molar refractivity (Wildman–Crippen MR) is 81.0 cm³/mol. The maximum Gasteiger partial charge on any atom is 0.417 e. The van der Waals surface area contributed by atoms with Gasteiger partial charge in [-0.25, -0.2) is 9.59 Å². The molecule has 0 spiro atoms. The van der Waals surface area contributed by atoms with Crippen LogP contribution in [0.1, 0.15) is 5.56 Å². The number of hydrogen-bond donors (Lipinski definition) is 2. The minimum Gasteiger partial charge on any atom is -0.410 e. The summed E-state index contributed by atoms with van der Waals surface area (Å²) in [7, 11) is 0. The van der Waals surface area contributed by atoms with E-state index in [2.05, 4.69) is 10.3 Å². The summed E-state index contributed by atoms with van der Waals surface area (Å²) in [5.74, 6) is 0.0223. The van der Waals surface area contributed by atoms with Crippen LogP contribution >= 0.6 is 0 Å². The molecule has 0 bridgehead atoms. The minimum atomic E-state index is -0.496. The molecule has 0 atom stereocenters. The van der Waals surface area contributed by atoms with Crippen molar-refractivity contribution < 1.29 is 13.9 Å². The molecule has 1 heterocycles. The first-order chi connectivity index (χ1) is 10.7. The number of amides is 1. The van der Waals surface area contributed by atoms with Gasteiger partial charge in [0.2, 0.25) is 0 Å². The third kappa shape index (κ3) is 3.35. The lowest BCUT2D eigenvalue weighted by Crippen LogP contribution is -2.28. The van der Waals surface area contributed by atoms with Gasteiger partial charge in [-0.05, 0) is 36.2 Å². The maximum absolute atomic E-state index is 11.6. The molecule has 2 aromatic carbocycles. The number of H-pyrrole nitrogens is 1. The van der Waals surface area contributed by atoms with Crippen molar-refractivity contribution in [3.05, 3.63) is 64.6 Å². The average Bonchev–Trinajstić information content (AvgIpc) is 2.87. The second-order valence-corrected chi connectivity index (χ2v) is 4.72. The Labute approximate surface area is 125 Å². The Bertz CT molecular complexity index is 836. The Morgan fingerprint density at radius 1 is 1.18 bits per heavy atom. The molecule has 0 aliphatic heterocycles. The fourth-order valence-electron chi connectivity index (χ4n) is 2.10. The first-order valence-electron chi connectivity index (χ1n) is 6.83. The smallest absolute Gasteiger partial charge is 0.410 e. The summed E-state index contributed by atoms with van der Waals surface area (Å²) in [6.45, 7) is 0.430. The van der Waals surface area contributed by atoms with Crippen LogP contribution in [0.4, 0.5) is 4.79 Å². The molecule has 3 rings (SSSR count). The summed E-state index contributed by atoms with van der Waals surface area (Å²) >= 11 is 0. The Morgan fingerprint density at radius 3 is 2.82 bits per heavy atom. The molecular formula is C16H14N2O4. The van der Waals surface area contributed by atoms with Crippen LogP contribution < -0.4 is 15.8 Å². The van der Waals surface area contributed by atoms with Crippen molar-refractivity contribution in [2.45, 2.75) is 6.42 Å². The predicted octanol–water partition coefficient (Wildman–Crippen LogP) is 2.45. The van der Waals surface area contributed by atoms with E-state index in [0.29, 0.717) is 29.8 Å². The standard InChI is InChI=1S/C16H14N2O4/c19-15(21-12-4-2-1-3-5-12)17-9-8-11-6-7-14-13(10-11)18-16(20)22-14/h1-7,10H,8-9H2,(H,17,19)(H,18,20). The number of hydrogen-bond acceptors (Lipinski definition) is 4. The van der Waals surface area contributed by atoms with E-state index < -0.39 is 11.8 Å². The van der Waals surface area contributed by atoms with Crippen molar-refractivity contribution in [1.29, 1.82) is 0 Å². The van der Waals surface area contributed by atoms with Gasteiger partial charge in [0.1, 0.15) is 5.75 Å². The van der Waals surface area contributed by atoms with E-state index in [4.69, 9.17) is 9.15 Å². The zero-order valence-corrected chi connectivity index (χ0v) is 11.7. The van der Waals surface area contributed by atoms with Crippen LogP contribution in [0.2, 0.25) is 0 Å². The number of aromatic nitrogens is 1. The van der Waals surface area contributed by atoms with Crippen LogP contribution in [0.3, 0.4) is 0 Å². The number of para-hydroxylation sites is 1. The molecule has 0 unspecified atom stereocenters. The molecule has 0 aliphatic carbocycles. The summed E-state index contributed by atoms with van der Waals surface area (Å²) in [4.78, 5) is 25.3. The SMILES string of the molecule is O=C(NCCc1ccc2oc(=O)[nH]c2c1)Oc1ccccc1. The fourth-order valence-corrected chi connectivity index (χ4v) is 2.10. The van der Waals surface area contributed by atoms with E-state index in [0.717, 1.165) is 5.56 Å². The van der Waals surface area contributed by atoms with Gasteiger partial charge < -0.3 is 14.5 Å². The Hall–Kier alpha value is -3.02. The monoisotopic (exact) mass is 298 g/mol. The topological polar surface area (TPSA) is 84.3 Å². The molecule has 6 heteroatoms. The largest absolute Gasteiger partial charge is 0.417 e. The molecule has 22 heavy (non-hydrogen) atoms. The molecule has 2 N–H and O–H groups in total. The molecule has 0 aliphatic rings. The van der Waals surface area contributed by atoms with Gasteiger partial charge in [-0.3, -0.25) is 4.98 Å². The number of oxazole rings is 1. The van der Waals surface area contributed by atoms with Crippen LogP contribution in [0.5, 0.6) is 5.75 Å². The number of carbonyl (C=O) groups excluding carboxylic acids is 1. The van der Waals surface area contributed by atoms with Gasteiger partial charge in [-0.2, -0.15) is 0 Å². The molecule has 112 valence electrons.